The van der Waals surface area contributed by atoms with E-state index < -0.39 is 0 Å². The van der Waals surface area contributed by atoms with Crippen LogP contribution in [0.4, 0.5) is 0 Å². The SMILES string of the molecule is COc1ccccc1-c1nnc(SCC(=O)N2CCCCC2C)n1N. The zero-order valence-corrected chi connectivity index (χ0v) is 15.3. The number of rotatable bonds is 5. The zero-order valence-electron chi connectivity index (χ0n) is 14.5. The lowest BCUT2D eigenvalue weighted by molar-refractivity contribution is -0.131. The molecule has 1 aliphatic rings. The number of aromatic nitrogens is 3. The van der Waals surface area contributed by atoms with Crippen molar-refractivity contribution in [2.45, 2.75) is 37.4 Å². The number of para-hydroxylation sites is 1. The third-order valence-corrected chi connectivity index (χ3v) is 5.39. The minimum absolute atomic E-state index is 0.124. The van der Waals surface area contributed by atoms with Crippen LogP contribution in [0.25, 0.3) is 11.4 Å². The van der Waals surface area contributed by atoms with Gasteiger partial charge in [-0.2, -0.15) is 0 Å². The summed E-state index contributed by atoms with van der Waals surface area (Å²) in [7, 11) is 1.60. The molecule has 0 saturated carbocycles. The quantitative estimate of drug-likeness (QED) is 0.649. The number of hydrogen-bond donors (Lipinski definition) is 1. The first-order valence-corrected chi connectivity index (χ1v) is 9.36. The Bertz CT molecular complexity index is 748. The fourth-order valence-corrected chi connectivity index (χ4v) is 3.81. The molecule has 3 rings (SSSR count). The maximum Gasteiger partial charge on any atom is 0.233 e. The van der Waals surface area contributed by atoms with Gasteiger partial charge in [-0.1, -0.05) is 23.9 Å². The number of piperidine rings is 1. The van der Waals surface area contributed by atoms with Crippen LogP contribution in [0.1, 0.15) is 26.2 Å². The predicted molar refractivity (Wildman–Crippen MR) is 97.9 cm³/mol. The van der Waals surface area contributed by atoms with Crippen LogP contribution >= 0.6 is 11.8 Å². The molecule has 0 aliphatic carbocycles. The monoisotopic (exact) mass is 361 g/mol. The lowest BCUT2D eigenvalue weighted by Crippen LogP contribution is -2.43. The second kappa shape index (κ2) is 7.77. The summed E-state index contributed by atoms with van der Waals surface area (Å²) in [6.07, 6.45) is 3.34. The summed E-state index contributed by atoms with van der Waals surface area (Å²) in [4.78, 5) is 14.4. The molecule has 134 valence electrons. The molecule has 1 aromatic carbocycles. The molecule has 8 heteroatoms. The minimum Gasteiger partial charge on any atom is -0.496 e. The van der Waals surface area contributed by atoms with Crippen molar-refractivity contribution in [1.29, 1.82) is 0 Å². The topological polar surface area (TPSA) is 86.3 Å². The molecule has 0 spiro atoms. The third-order valence-electron chi connectivity index (χ3n) is 4.46. The summed E-state index contributed by atoms with van der Waals surface area (Å²) in [5.41, 5.74) is 0.767. The summed E-state index contributed by atoms with van der Waals surface area (Å²) < 4.78 is 6.76. The fraction of sp³-hybridized carbons (Fsp3) is 0.471. The molecule has 7 nitrogen and oxygen atoms in total. The molecule has 1 amide bonds. The molecule has 1 aliphatic heterocycles. The van der Waals surface area contributed by atoms with Gasteiger partial charge in [0.2, 0.25) is 11.1 Å². The average molecular weight is 361 g/mol. The zero-order chi connectivity index (χ0) is 17.8. The van der Waals surface area contributed by atoms with Crippen molar-refractivity contribution in [2.24, 2.45) is 0 Å². The van der Waals surface area contributed by atoms with E-state index in [0.29, 0.717) is 28.5 Å². The molecule has 2 aromatic rings. The first-order valence-electron chi connectivity index (χ1n) is 8.38. The Labute approximate surface area is 151 Å². The number of nitrogen functional groups attached to an aromatic ring is 1. The molecule has 0 radical (unpaired) electrons. The summed E-state index contributed by atoms with van der Waals surface area (Å²) in [5, 5.41) is 8.80. The number of likely N-dealkylation sites (tertiary alicyclic amines) is 1. The van der Waals surface area contributed by atoms with Gasteiger partial charge in [0, 0.05) is 12.6 Å². The number of hydrogen-bond acceptors (Lipinski definition) is 6. The van der Waals surface area contributed by atoms with Crippen LogP contribution < -0.4 is 10.6 Å². The molecule has 1 atom stereocenters. The van der Waals surface area contributed by atoms with Crippen LogP contribution in [0.2, 0.25) is 0 Å². The van der Waals surface area contributed by atoms with Gasteiger partial charge < -0.3 is 15.5 Å². The van der Waals surface area contributed by atoms with Gasteiger partial charge in [0.15, 0.2) is 5.82 Å². The molecular formula is C17H23N5O2S. The molecule has 1 saturated heterocycles. The highest BCUT2D eigenvalue weighted by Crippen LogP contribution is 2.29. The molecule has 2 heterocycles. The van der Waals surface area contributed by atoms with Crippen LogP contribution in [0.5, 0.6) is 5.75 Å². The number of nitrogens with two attached hydrogens (primary N) is 1. The van der Waals surface area contributed by atoms with E-state index in [-0.39, 0.29) is 5.91 Å². The summed E-state index contributed by atoms with van der Waals surface area (Å²) in [5.74, 6) is 7.77. The van der Waals surface area contributed by atoms with Crippen LogP contribution in [-0.4, -0.2) is 51.1 Å². The van der Waals surface area contributed by atoms with Crippen LogP contribution in [0.3, 0.4) is 0 Å². The van der Waals surface area contributed by atoms with E-state index in [9.17, 15) is 4.79 Å². The number of ether oxygens (including phenoxy) is 1. The second-order valence-electron chi connectivity index (χ2n) is 6.10. The largest absolute Gasteiger partial charge is 0.496 e. The van der Waals surface area contributed by atoms with E-state index in [1.165, 1.54) is 22.9 Å². The normalized spacial score (nSPS) is 17.5. The van der Waals surface area contributed by atoms with Gasteiger partial charge in [-0.05, 0) is 38.3 Å². The lowest BCUT2D eigenvalue weighted by Gasteiger charge is -2.33. The lowest BCUT2D eigenvalue weighted by atomic mass is 10.0. The molecular weight excluding hydrogens is 338 g/mol. The minimum atomic E-state index is 0.124. The molecule has 1 aromatic heterocycles. The predicted octanol–water partition coefficient (Wildman–Crippen LogP) is 2.16. The van der Waals surface area contributed by atoms with Crippen LogP contribution in [-0.2, 0) is 4.79 Å². The standard InChI is InChI=1S/C17H23N5O2S/c1-12-7-5-6-10-21(12)15(23)11-25-17-20-19-16(22(17)18)13-8-3-4-9-14(13)24-2/h3-4,8-9,12H,5-7,10-11,18H2,1-2H3. The van der Waals surface area contributed by atoms with Crippen molar-refractivity contribution >= 4 is 17.7 Å². The summed E-state index contributed by atoms with van der Waals surface area (Å²) in [6, 6.07) is 7.80. The smallest absolute Gasteiger partial charge is 0.233 e. The first-order chi connectivity index (χ1) is 12.1. The van der Waals surface area contributed by atoms with E-state index >= 15 is 0 Å². The number of carbonyl (C=O) groups is 1. The number of carbonyl (C=O) groups excluding carboxylic acids is 1. The Morgan fingerprint density at radius 1 is 1.36 bits per heavy atom. The number of benzene rings is 1. The molecule has 25 heavy (non-hydrogen) atoms. The van der Waals surface area contributed by atoms with Gasteiger partial charge in [0.25, 0.3) is 0 Å². The third kappa shape index (κ3) is 3.73. The van der Waals surface area contributed by atoms with Crippen LogP contribution in [0.15, 0.2) is 29.4 Å². The van der Waals surface area contributed by atoms with E-state index in [1.54, 1.807) is 7.11 Å². The fourth-order valence-electron chi connectivity index (χ4n) is 3.07. The van der Waals surface area contributed by atoms with Crippen molar-refractivity contribution < 1.29 is 9.53 Å². The van der Waals surface area contributed by atoms with Crippen molar-refractivity contribution in [3.8, 4) is 17.1 Å². The van der Waals surface area contributed by atoms with Gasteiger partial charge in [0.1, 0.15) is 5.75 Å². The van der Waals surface area contributed by atoms with Crippen LogP contribution in [0, 0.1) is 0 Å². The number of methoxy groups -OCH3 is 1. The van der Waals surface area contributed by atoms with Gasteiger partial charge in [0.05, 0.1) is 18.4 Å². The van der Waals surface area contributed by atoms with Crippen molar-refractivity contribution in [1.82, 2.24) is 19.8 Å². The first kappa shape index (κ1) is 17.6. The maximum atomic E-state index is 12.5. The van der Waals surface area contributed by atoms with Crippen molar-refractivity contribution in [3.63, 3.8) is 0 Å². The second-order valence-corrected chi connectivity index (χ2v) is 7.04. The highest BCUT2D eigenvalue weighted by atomic mass is 32.2. The molecule has 1 fully saturated rings. The summed E-state index contributed by atoms with van der Waals surface area (Å²) in [6.45, 7) is 2.94. The molecule has 1 unspecified atom stereocenters. The Balaban J connectivity index is 1.70. The van der Waals surface area contributed by atoms with Gasteiger partial charge in [-0.3, -0.25) is 4.79 Å². The highest BCUT2D eigenvalue weighted by molar-refractivity contribution is 7.99. The highest BCUT2D eigenvalue weighted by Gasteiger charge is 2.24. The van der Waals surface area contributed by atoms with Crippen molar-refractivity contribution in [3.05, 3.63) is 24.3 Å². The Hall–Kier alpha value is -2.22. The number of thioether (sulfide) groups is 1. The van der Waals surface area contributed by atoms with Gasteiger partial charge >= 0.3 is 0 Å². The number of nitrogens with zero attached hydrogens (tertiary/aromatic N) is 4. The average Bonchev–Trinajstić information content (AvgIpc) is 3.00. The van der Waals surface area contributed by atoms with Gasteiger partial charge in [-0.15, -0.1) is 10.2 Å². The Morgan fingerprint density at radius 2 is 2.16 bits per heavy atom. The number of amides is 1. The Kier molecular flexibility index (Phi) is 5.47. The van der Waals surface area contributed by atoms with Gasteiger partial charge in [-0.25, -0.2) is 4.68 Å². The maximum absolute atomic E-state index is 12.5. The summed E-state index contributed by atoms with van der Waals surface area (Å²) >= 11 is 1.31. The van der Waals surface area contributed by atoms with Crippen molar-refractivity contribution in [2.75, 3.05) is 25.3 Å². The molecule has 0 bridgehead atoms. The Morgan fingerprint density at radius 3 is 2.92 bits per heavy atom. The van der Waals surface area contributed by atoms with E-state index in [2.05, 4.69) is 17.1 Å². The van der Waals surface area contributed by atoms with E-state index in [4.69, 9.17) is 10.6 Å². The van der Waals surface area contributed by atoms with E-state index in [1.807, 2.05) is 29.2 Å². The van der Waals surface area contributed by atoms with E-state index in [0.717, 1.165) is 24.9 Å². The molecule has 2 N–H and O–H groups in total.